The van der Waals surface area contributed by atoms with Crippen molar-refractivity contribution in [1.29, 1.82) is 0 Å². The smallest absolute Gasteiger partial charge is 0.197 e. The van der Waals surface area contributed by atoms with Crippen LogP contribution in [0.1, 0.15) is 0 Å². The van der Waals surface area contributed by atoms with Crippen LogP contribution >= 0.6 is 11.3 Å². The zero-order valence-electron chi connectivity index (χ0n) is 13.1. The van der Waals surface area contributed by atoms with Crippen LogP contribution in [0.3, 0.4) is 0 Å². The molecule has 2 aromatic heterocycles. The average Bonchev–Trinajstić information content (AvgIpc) is 3.05. The highest BCUT2D eigenvalue weighted by Crippen LogP contribution is 2.29. The van der Waals surface area contributed by atoms with Gasteiger partial charge in [-0.05, 0) is 42.5 Å². The second kappa shape index (κ2) is 5.43. The number of aromatic nitrogens is 2. The summed E-state index contributed by atoms with van der Waals surface area (Å²) in [6.45, 7) is 0. The van der Waals surface area contributed by atoms with E-state index in [-0.39, 0.29) is 5.43 Å². The first-order chi connectivity index (χ1) is 12.3. The van der Waals surface area contributed by atoms with Gasteiger partial charge in [0.15, 0.2) is 10.6 Å². The Balaban J connectivity index is 1.63. The number of thiazole rings is 1. The van der Waals surface area contributed by atoms with Crippen LogP contribution in [0, 0.1) is 0 Å². The Morgan fingerprint density at radius 1 is 0.880 bits per heavy atom. The summed E-state index contributed by atoms with van der Waals surface area (Å²) >= 11 is 1.60. The molecule has 0 saturated carbocycles. The molecular formula is C20H13N3OS. The summed E-state index contributed by atoms with van der Waals surface area (Å²) in [5.74, 6) is 0. The van der Waals surface area contributed by atoms with Gasteiger partial charge in [-0.3, -0.25) is 4.79 Å². The number of nitrogens with zero attached hydrogens (tertiary/aromatic N) is 1. The summed E-state index contributed by atoms with van der Waals surface area (Å²) in [5, 5.41) is 5.50. The minimum Gasteiger partial charge on any atom is -0.354 e. The zero-order valence-corrected chi connectivity index (χ0v) is 13.9. The molecule has 0 radical (unpaired) electrons. The maximum atomic E-state index is 12.8. The molecule has 25 heavy (non-hydrogen) atoms. The molecule has 0 aliphatic heterocycles. The highest BCUT2D eigenvalue weighted by molar-refractivity contribution is 7.22. The summed E-state index contributed by atoms with van der Waals surface area (Å²) in [4.78, 5) is 20.7. The van der Waals surface area contributed by atoms with Crippen molar-refractivity contribution in [3.8, 4) is 0 Å². The average molecular weight is 343 g/mol. The van der Waals surface area contributed by atoms with Crippen molar-refractivity contribution in [2.45, 2.75) is 0 Å². The van der Waals surface area contributed by atoms with Crippen LogP contribution in [0.15, 0.2) is 71.5 Å². The first-order valence-corrected chi connectivity index (χ1v) is 8.77. The summed E-state index contributed by atoms with van der Waals surface area (Å²) in [5.41, 5.74) is 3.55. The predicted octanol–water partition coefficient (Wildman–Crippen LogP) is 5.03. The van der Waals surface area contributed by atoms with Gasteiger partial charge in [0.25, 0.3) is 0 Å². The van der Waals surface area contributed by atoms with Gasteiger partial charge < -0.3 is 10.3 Å². The fraction of sp³-hybridized carbons (Fsp3) is 0. The zero-order chi connectivity index (χ0) is 16.8. The number of fused-ring (bicyclic) bond motifs is 3. The van der Waals surface area contributed by atoms with Crippen LogP contribution in [0.25, 0.3) is 32.0 Å². The van der Waals surface area contributed by atoms with E-state index in [1.165, 1.54) is 0 Å². The van der Waals surface area contributed by atoms with Crippen LogP contribution < -0.4 is 10.7 Å². The lowest BCUT2D eigenvalue weighted by Crippen LogP contribution is -2.04. The SMILES string of the molecule is O=c1c2ccccc2[nH]c2ccc(Nc3nc4ccccc4s3)cc12. The van der Waals surface area contributed by atoms with Gasteiger partial charge in [-0.15, -0.1) is 0 Å². The van der Waals surface area contributed by atoms with E-state index in [4.69, 9.17) is 0 Å². The molecule has 0 atom stereocenters. The topological polar surface area (TPSA) is 57.8 Å². The number of benzene rings is 3. The maximum Gasteiger partial charge on any atom is 0.197 e. The number of rotatable bonds is 2. The standard InChI is InChI=1S/C20H13N3OS/c24-19-13-5-1-2-6-15(13)22-16-10-9-12(11-14(16)19)21-20-23-17-7-3-4-8-18(17)25-20/h1-11H,(H,21,23)(H,22,24). The second-order valence-electron chi connectivity index (χ2n) is 5.87. The quantitative estimate of drug-likeness (QED) is 0.442. The van der Waals surface area contributed by atoms with Crippen LogP contribution in [-0.2, 0) is 0 Å². The lowest BCUT2D eigenvalue weighted by molar-refractivity contribution is 1.44. The minimum atomic E-state index is 0.0392. The summed E-state index contributed by atoms with van der Waals surface area (Å²) in [6, 6.07) is 21.4. The number of H-pyrrole nitrogens is 1. The number of aromatic amines is 1. The number of hydrogen-bond acceptors (Lipinski definition) is 4. The van der Waals surface area contributed by atoms with E-state index in [0.29, 0.717) is 10.8 Å². The van der Waals surface area contributed by atoms with Gasteiger partial charge in [0.1, 0.15) is 0 Å². The van der Waals surface area contributed by atoms with E-state index in [0.717, 1.165) is 32.1 Å². The van der Waals surface area contributed by atoms with Crippen molar-refractivity contribution in [3.63, 3.8) is 0 Å². The highest BCUT2D eigenvalue weighted by atomic mass is 32.1. The number of nitrogens with one attached hydrogen (secondary N) is 2. The van der Waals surface area contributed by atoms with Crippen molar-refractivity contribution in [3.05, 3.63) is 77.0 Å². The van der Waals surface area contributed by atoms with E-state index in [9.17, 15) is 4.79 Å². The van der Waals surface area contributed by atoms with Gasteiger partial charge in [0.2, 0.25) is 0 Å². The fourth-order valence-electron chi connectivity index (χ4n) is 3.05. The third-order valence-electron chi connectivity index (χ3n) is 4.25. The van der Waals surface area contributed by atoms with Gasteiger partial charge in [-0.25, -0.2) is 4.98 Å². The molecule has 3 aromatic carbocycles. The molecule has 0 fully saturated rings. The maximum absolute atomic E-state index is 12.8. The molecule has 0 saturated heterocycles. The fourth-order valence-corrected chi connectivity index (χ4v) is 3.93. The molecular weight excluding hydrogens is 330 g/mol. The number of hydrogen-bond donors (Lipinski definition) is 2. The van der Waals surface area contributed by atoms with E-state index in [1.807, 2.05) is 60.7 Å². The molecule has 0 unspecified atom stereocenters. The Morgan fingerprint density at radius 3 is 2.60 bits per heavy atom. The molecule has 5 heteroatoms. The van der Waals surface area contributed by atoms with Crippen molar-refractivity contribution in [2.24, 2.45) is 0 Å². The molecule has 2 N–H and O–H groups in total. The molecule has 0 aliphatic carbocycles. The van der Waals surface area contributed by atoms with Gasteiger partial charge in [0.05, 0.1) is 10.2 Å². The van der Waals surface area contributed by atoms with E-state index >= 15 is 0 Å². The Morgan fingerprint density at radius 2 is 1.68 bits per heavy atom. The van der Waals surface area contributed by atoms with Crippen LogP contribution in [0.2, 0.25) is 0 Å². The Hall–Kier alpha value is -3.18. The van der Waals surface area contributed by atoms with Crippen LogP contribution in [0.5, 0.6) is 0 Å². The van der Waals surface area contributed by atoms with Gasteiger partial charge in [-0.2, -0.15) is 0 Å². The molecule has 0 aliphatic rings. The molecule has 0 bridgehead atoms. The van der Waals surface area contributed by atoms with Crippen molar-refractivity contribution < 1.29 is 0 Å². The van der Waals surface area contributed by atoms with Crippen LogP contribution in [0.4, 0.5) is 10.8 Å². The van der Waals surface area contributed by atoms with E-state index in [1.54, 1.807) is 11.3 Å². The monoisotopic (exact) mass is 343 g/mol. The van der Waals surface area contributed by atoms with E-state index in [2.05, 4.69) is 21.4 Å². The Kier molecular flexibility index (Phi) is 3.08. The predicted molar refractivity (Wildman–Crippen MR) is 105 cm³/mol. The van der Waals surface area contributed by atoms with Gasteiger partial charge in [0, 0.05) is 27.5 Å². The summed E-state index contributed by atoms with van der Waals surface area (Å²) in [6.07, 6.45) is 0. The third kappa shape index (κ3) is 2.37. The van der Waals surface area contributed by atoms with Gasteiger partial charge in [-0.1, -0.05) is 35.6 Å². The molecule has 4 nitrogen and oxygen atoms in total. The molecule has 5 rings (SSSR count). The molecule has 120 valence electrons. The Labute approximate surface area is 146 Å². The summed E-state index contributed by atoms with van der Waals surface area (Å²) < 4.78 is 1.13. The van der Waals surface area contributed by atoms with E-state index < -0.39 is 0 Å². The summed E-state index contributed by atoms with van der Waals surface area (Å²) in [7, 11) is 0. The highest BCUT2D eigenvalue weighted by Gasteiger charge is 2.08. The first kappa shape index (κ1) is 14.2. The third-order valence-corrected chi connectivity index (χ3v) is 5.20. The molecule has 2 heterocycles. The van der Waals surface area contributed by atoms with Crippen molar-refractivity contribution in [1.82, 2.24) is 9.97 Å². The van der Waals surface area contributed by atoms with Crippen molar-refractivity contribution >= 4 is 54.2 Å². The molecule has 0 amide bonds. The van der Waals surface area contributed by atoms with Gasteiger partial charge >= 0.3 is 0 Å². The Bertz CT molecular complexity index is 1270. The number of para-hydroxylation sites is 2. The second-order valence-corrected chi connectivity index (χ2v) is 6.90. The normalized spacial score (nSPS) is 11.4. The van der Waals surface area contributed by atoms with Crippen LogP contribution in [-0.4, -0.2) is 9.97 Å². The number of pyridine rings is 1. The molecule has 5 aromatic rings. The first-order valence-electron chi connectivity index (χ1n) is 7.95. The lowest BCUT2D eigenvalue weighted by Gasteiger charge is -2.06. The largest absolute Gasteiger partial charge is 0.354 e. The van der Waals surface area contributed by atoms with Crippen molar-refractivity contribution in [2.75, 3.05) is 5.32 Å². The lowest BCUT2D eigenvalue weighted by atomic mass is 10.1. The molecule has 0 spiro atoms. The number of anilines is 2. The minimum absolute atomic E-state index is 0.0392.